The Kier molecular flexibility index (Phi) is 4.38. The van der Waals surface area contributed by atoms with Crippen LogP contribution in [0.15, 0.2) is 11.0 Å². The third kappa shape index (κ3) is 2.72. The molecule has 0 radical (unpaired) electrons. The van der Waals surface area contributed by atoms with E-state index in [0.29, 0.717) is 23.4 Å². The largest absolute Gasteiger partial charge is 0.496 e. The van der Waals surface area contributed by atoms with Crippen LogP contribution in [0, 0.1) is 13.8 Å². The Labute approximate surface area is 149 Å². The molecule has 0 saturated heterocycles. The summed E-state index contributed by atoms with van der Waals surface area (Å²) in [5.41, 5.74) is 8.87. The van der Waals surface area contributed by atoms with Crippen molar-refractivity contribution in [2.24, 2.45) is 0 Å². The second kappa shape index (κ2) is 6.36. The summed E-state index contributed by atoms with van der Waals surface area (Å²) in [5.74, 6) is 0.773. The number of halogens is 1. The number of aryl methyl sites for hydroxylation is 2. The fourth-order valence-electron chi connectivity index (χ4n) is 3.00. The van der Waals surface area contributed by atoms with Gasteiger partial charge in [-0.05, 0) is 20.8 Å². The van der Waals surface area contributed by atoms with Crippen molar-refractivity contribution in [1.82, 2.24) is 24.1 Å². The maximum atomic E-state index is 12.8. The van der Waals surface area contributed by atoms with E-state index in [4.69, 9.17) is 22.1 Å². The van der Waals surface area contributed by atoms with Crippen LogP contribution in [0.3, 0.4) is 0 Å². The number of methoxy groups -OCH3 is 1. The predicted octanol–water partition coefficient (Wildman–Crippen LogP) is 1.92. The van der Waals surface area contributed by atoms with E-state index in [2.05, 4.69) is 15.0 Å². The van der Waals surface area contributed by atoms with Crippen molar-refractivity contribution < 1.29 is 4.74 Å². The minimum Gasteiger partial charge on any atom is -0.496 e. The van der Waals surface area contributed by atoms with Crippen molar-refractivity contribution in [2.75, 3.05) is 12.8 Å². The molecule has 3 heterocycles. The number of rotatable bonds is 4. The van der Waals surface area contributed by atoms with Gasteiger partial charge in [-0.3, -0.25) is 14.1 Å². The lowest BCUT2D eigenvalue weighted by Gasteiger charge is -2.12. The fourth-order valence-corrected chi connectivity index (χ4v) is 3.27. The number of imidazole rings is 1. The standard InChI is InChI=1S/C16H19ClN6O2/c1-5-22-11-13(17)20-15(18)21-14(11)23(16(22)24)7-10-9(3)12(25-4)8(2)6-19-10/h6H,5,7H2,1-4H3,(H2,18,20,21). The maximum absolute atomic E-state index is 12.8. The number of fused-ring (bicyclic) bond motifs is 1. The molecule has 0 aliphatic heterocycles. The Morgan fingerprint density at radius 2 is 2.00 bits per heavy atom. The molecule has 9 heteroatoms. The fraction of sp³-hybridized carbons (Fsp3) is 0.375. The van der Waals surface area contributed by atoms with E-state index in [9.17, 15) is 4.79 Å². The molecule has 132 valence electrons. The van der Waals surface area contributed by atoms with Crippen LogP contribution in [0.25, 0.3) is 11.2 Å². The van der Waals surface area contributed by atoms with Crippen LogP contribution in [0.5, 0.6) is 5.75 Å². The van der Waals surface area contributed by atoms with Gasteiger partial charge in [0.2, 0.25) is 5.95 Å². The molecular weight excluding hydrogens is 344 g/mol. The van der Waals surface area contributed by atoms with Gasteiger partial charge in [0.05, 0.1) is 19.3 Å². The molecule has 3 rings (SSSR count). The van der Waals surface area contributed by atoms with Crippen LogP contribution in [0.1, 0.15) is 23.7 Å². The first-order chi connectivity index (χ1) is 11.9. The quantitative estimate of drug-likeness (QED) is 0.711. The zero-order valence-electron chi connectivity index (χ0n) is 14.5. The van der Waals surface area contributed by atoms with E-state index in [1.807, 2.05) is 20.8 Å². The zero-order chi connectivity index (χ0) is 18.3. The number of anilines is 1. The molecule has 0 saturated carbocycles. The molecule has 0 bridgehead atoms. The summed E-state index contributed by atoms with van der Waals surface area (Å²) >= 11 is 6.19. The third-order valence-electron chi connectivity index (χ3n) is 4.20. The molecule has 0 aliphatic carbocycles. The lowest BCUT2D eigenvalue weighted by atomic mass is 10.1. The van der Waals surface area contributed by atoms with Gasteiger partial charge in [-0.1, -0.05) is 11.6 Å². The summed E-state index contributed by atoms with van der Waals surface area (Å²) < 4.78 is 8.47. The minimum atomic E-state index is -0.236. The predicted molar refractivity (Wildman–Crippen MR) is 96.2 cm³/mol. The van der Waals surface area contributed by atoms with Crippen LogP contribution in [0.4, 0.5) is 5.95 Å². The number of ether oxygens (including phenoxy) is 1. The summed E-state index contributed by atoms with van der Waals surface area (Å²) in [7, 11) is 1.61. The molecule has 3 aromatic rings. The van der Waals surface area contributed by atoms with E-state index in [1.54, 1.807) is 13.3 Å². The highest BCUT2D eigenvalue weighted by atomic mass is 35.5. The lowest BCUT2D eigenvalue weighted by molar-refractivity contribution is 0.406. The van der Waals surface area contributed by atoms with Gasteiger partial charge >= 0.3 is 5.69 Å². The summed E-state index contributed by atoms with van der Waals surface area (Å²) in [6, 6.07) is 0. The van der Waals surface area contributed by atoms with Crippen molar-refractivity contribution in [3.05, 3.63) is 38.7 Å². The molecular formula is C16H19ClN6O2. The Balaban J connectivity index is 2.24. The van der Waals surface area contributed by atoms with E-state index in [1.165, 1.54) is 9.13 Å². The van der Waals surface area contributed by atoms with Crippen LogP contribution < -0.4 is 16.2 Å². The first-order valence-corrected chi connectivity index (χ1v) is 8.17. The van der Waals surface area contributed by atoms with Gasteiger partial charge < -0.3 is 10.5 Å². The van der Waals surface area contributed by atoms with Crippen LogP contribution in [-0.4, -0.2) is 31.2 Å². The third-order valence-corrected chi connectivity index (χ3v) is 4.47. The summed E-state index contributed by atoms with van der Waals surface area (Å²) in [6.45, 7) is 6.37. The summed E-state index contributed by atoms with van der Waals surface area (Å²) in [5, 5.41) is 0.159. The molecule has 0 amide bonds. The first kappa shape index (κ1) is 17.2. The second-order valence-electron chi connectivity index (χ2n) is 5.70. The average Bonchev–Trinajstić information content (AvgIpc) is 2.82. The normalized spacial score (nSPS) is 11.2. The summed E-state index contributed by atoms with van der Waals surface area (Å²) in [4.78, 5) is 25.4. The van der Waals surface area contributed by atoms with Crippen molar-refractivity contribution in [2.45, 2.75) is 33.9 Å². The Morgan fingerprint density at radius 1 is 1.28 bits per heavy atom. The smallest absolute Gasteiger partial charge is 0.330 e. The van der Waals surface area contributed by atoms with E-state index in [0.717, 1.165) is 16.9 Å². The maximum Gasteiger partial charge on any atom is 0.330 e. The topological polar surface area (TPSA) is 101 Å². The van der Waals surface area contributed by atoms with Gasteiger partial charge in [-0.15, -0.1) is 0 Å². The highest BCUT2D eigenvalue weighted by Gasteiger charge is 2.20. The van der Waals surface area contributed by atoms with Crippen molar-refractivity contribution in [3.8, 4) is 5.75 Å². The van der Waals surface area contributed by atoms with Gasteiger partial charge in [0.25, 0.3) is 0 Å². The number of aromatic nitrogens is 5. The van der Waals surface area contributed by atoms with Gasteiger partial charge in [-0.2, -0.15) is 9.97 Å². The molecule has 3 aromatic heterocycles. The minimum absolute atomic E-state index is 0.0191. The highest BCUT2D eigenvalue weighted by molar-refractivity contribution is 6.33. The molecule has 0 unspecified atom stereocenters. The van der Waals surface area contributed by atoms with Crippen molar-refractivity contribution in [1.29, 1.82) is 0 Å². The van der Waals surface area contributed by atoms with E-state index in [-0.39, 0.29) is 23.3 Å². The van der Waals surface area contributed by atoms with Gasteiger partial charge in [-0.25, -0.2) is 4.79 Å². The highest BCUT2D eigenvalue weighted by Crippen LogP contribution is 2.26. The molecule has 0 aromatic carbocycles. The van der Waals surface area contributed by atoms with E-state index < -0.39 is 0 Å². The number of nitrogens with zero attached hydrogens (tertiary/aromatic N) is 5. The van der Waals surface area contributed by atoms with Gasteiger partial charge in [0.15, 0.2) is 10.8 Å². The zero-order valence-corrected chi connectivity index (χ0v) is 15.3. The Bertz CT molecular complexity index is 1020. The Morgan fingerprint density at radius 3 is 2.64 bits per heavy atom. The Hall–Kier alpha value is -2.61. The molecule has 0 aliphatic rings. The van der Waals surface area contributed by atoms with E-state index >= 15 is 0 Å². The number of nitrogens with two attached hydrogens (primary N) is 1. The molecule has 2 N–H and O–H groups in total. The average molecular weight is 363 g/mol. The summed E-state index contributed by atoms with van der Waals surface area (Å²) in [6.07, 6.45) is 1.72. The second-order valence-corrected chi connectivity index (χ2v) is 6.06. The number of hydrogen-bond donors (Lipinski definition) is 1. The lowest BCUT2D eigenvalue weighted by Crippen LogP contribution is -2.25. The van der Waals surface area contributed by atoms with Crippen molar-refractivity contribution in [3.63, 3.8) is 0 Å². The van der Waals surface area contributed by atoms with Crippen molar-refractivity contribution >= 4 is 28.7 Å². The number of nitrogen functional groups attached to an aromatic ring is 1. The number of pyridine rings is 1. The number of hydrogen-bond acceptors (Lipinski definition) is 6. The molecule has 25 heavy (non-hydrogen) atoms. The SMILES string of the molecule is CCn1c(=O)n(Cc2ncc(C)c(OC)c2C)c2nc(N)nc(Cl)c21. The van der Waals surface area contributed by atoms with Crippen LogP contribution >= 0.6 is 11.6 Å². The van der Waals surface area contributed by atoms with Crippen LogP contribution in [0.2, 0.25) is 5.15 Å². The first-order valence-electron chi connectivity index (χ1n) is 7.80. The van der Waals surface area contributed by atoms with Gasteiger partial charge in [0.1, 0.15) is 11.3 Å². The van der Waals surface area contributed by atoms with Gasteiger partial charge in [0, 0.05) is 23.9 Å². The van der Waals surface area contributed by atoms with Crippen LogP contribution in [-0.2, 0) is 13.1 Å². The molecule has 0 atom stereocenters. The molecule has 0 spiro atoms. The molecule has 8 nitrogen and oxygen atoms in total. The molecule has 0 fully saturated rings. The monoisotopic (exact) mass is 362 g/mol.